The number of rotatable bonds is 5. The first kappa shape index (κ1) is 15.5. The third-order valence-electron chi connectivity index (χ3n) is 3.45. The quantitative estimate of drug-likeness (QED) is 0.922. The molecule has 0 bridgehead atoms. The van der Waals surface area contributed by atoms with Crippen LogP contribution in [0.25, 0.3) is 10.9 Å². The second-order valence-electron chi connectivity index (χ2n) is 4.92. The molecule has 1 aromatic carbocycles. The van der Waals surface area contributed by atoms with Gasteiger partial charge in [0.2, 0.25) is 5.91 Å². The predicted molar refractivity (Wildman–Crippen MR) is 83.5 cm³/mol. The number of benzene rings is 1. The molecule has 2 aromatic rings. The Morgan fingerprint density at radius 2 is 2.10 bits per heavy atom. The fraction of sp³-hybridized carbons (Fsp3) is 0.400. The highest BCUT2D eigenvalue weighted by molar-refractivity contribution is 6.31. The van der Waals surface area contributed by atoms with Crippen LogP contribution in [0.3, 0.4) is 0 Å². The van der Waals surface area contributed by atoms with Gasteiger partial charge < -0.3 is 5.32 Å². The van der Waals surface area contributed by atoms with Gasteiger partial charge in [0.05, 0.1) is 17.2 Å². The molecular formula is C15H18ClN3O2. The molecule has 0 radical (unpaired) electrons. The van der Waals surface area contributed by atoms with Gasteiger partial charge in [0, 0.05) is 11.1 Å². The summed E-state index contributed by atoms with van der Waals surface area (Å²) in [6.45, 7) is 3.99. The summed E-state index contributed by atoms with van der Waals surface area (Å²) in [4.78, 5) is 28.5. The molecular weight excluding hydrogens is 290 g/mol. The van der Waals surface area contributed by atoms with E-state index in [2.05, 4.69) is 10.3 Å². The Morgan fingerprint density at radius 3 is 2.76 bits per heavy atom. The molecule has 0 aliphatic heterocycles. The Labute approximate surface area is 127 Å². The van der Waals surface area contributed by atoms with Gasteiger partial charge in [-0.05, 0) is 31.0 Å². The maximum atomic E-state index is 12.3. The van der Waals surface area contributed by atoms with Crippen molar-refractivity contribution in [1.82, 2.24) is 14.9 Å². The fourth-order valence-corrected chi connectivity index (χ4v) is 2.34. The first-order chi connectivity index (χ1) is 10.0. The summed E-state index contributed by atoms with van der Waals surface area (Å²) in [5.41, 5.74) is 0.309. The van der Waals surface area contributed by atoms with Crippen LogP contribution in [0.15, 0.2) is 29.3 Å². The van der Waals surface area contributed by atoms with E-state index in [4.69, 9.17) is 11.6 Å². The van der Waals surface area contributed by atoms with E-state index in [-0.39, 0.29) is 24.1 Å². The van der Waals surface area contributed by atoms with Crippen molar-refractivity contribution >= 4 is 28.4 Å². The number of hydrogen-bond donors (Lipinski definition) is 1. The first-order valence-corrected chi connectivity index (χ1v) is 7.37. The lowest BCUT2D eigenvalue weighted by molar-refractivity contribution is -0.122. The highest BCUT2D eigenvalue weighted by Gasteiger charge is 2.11. The van der Waals surface area contributed by atoms with Gasteiger partial charge in [-0.25, -0.2) is 4.98 Å². The molecule has 0 atom stereocenters. The second kappa shape index (κ2) is 6.72. The monoisotopic (exact) mass is 307 g/mol. The standard InChI is InChI=1S/C15H18ClN3O2/c1-3-11(4-2)18-14(20)8-19-9-17-13-6-5-10(16)7-12(13)15(19)21/h5-7,9,11H,3-4,8H2,1-2H3,(H,18,20). The summed E-state index contributed by atoms with van der Waals surface area (Å²) in [7, 11) is 0. The zero-order valence-electron chi connectivity index (χ0n) is 12.1. The van der Waals surface area contributed by atoms with Gasteiger partial charge in [-0.1, -0.05) is 25.4 Å². The number of amides is 1. The van der Waals surface area contributed by atoms with Gasteiger partial charge in [-0.2, -0.15) is 0 Å². The number of nitrogens with zero attached hydrogens (tertiary/aromatic N) is 2. The SMILES string of the molecule is CCC(CC)NC(=O)Cn1cnc2ccc(Cl)cc2c1=O. The number of nitrogens with one attached hydrogen (secondary N) is 1. The largest absolute Gasteiger partial charge is 0.352 e. The smallest absolute Gasteiger partial charge is 0.261 e. The van der Waals surface area contributed by atoms with Crippen LogP contribution in [0.5, 0.6) is 0 Å². The molecule has 112 valence electrons. The van der Waals surface area contributed by atoms with Crippen LogP contribution in [0.2, 0.25) is 5.02 Å². The number of fused-ring (bicyclic) bond motifs is 1. The Bertz CT molecular complexity index is 708. The highest BCUT2D eigenvalue weighted by atomic mass is 35.5. The van der Waals surface area contributed by atoms with Crippen LogP contribution in [0.1, 0.15) is 26.7 Å². The second-order valence-corrected chi connectivity index (χ2v) is 5.36. The summed E-state index contributed by atoms with van der Waals surface area (Å²) < 4.78 is 1.30. The number of halogens is 1. The summed E-state index contributed by atoms with van der Waals surface area (Å²) in [6, 6.07) is 5.08. The molecule has 1 aromatic heterocycles. The summed E-state index contributed by atoms with van der Waals surface area (Å²) in [5, 5.41) is 3.79. The zero-order chi connectivity index (χ0) is 15.4. The molecule has 6 heteroatoms. The van der Waals surface area contributed by atoms with Gasteiger partial charge in [-0.15, -0.1) is 0 Å². The lowest BCUT2D eigenvalue weighted by Gasteiger charge is -2.15. The number of aromatic nitrogens is 2. The van der Waals surface area contributed by atoms with Crippen molar-refractivity contribution in [3.63, 3.8) is 0 Å². The normalized spacial score (nSPS) is 11.0. The van der Waals surface area contributed by atoms with Crippen molar-refractivity contribution < 1.29 is 4.79 Å². The van der Waals surface area contributed by atoms with Crippen LogP contribution in [-0.2, 0) is 11.3 Å². The van der Waals surface area contributed by atoms with Crippen molar-refractivity contribution in [2.45, 2.75) is 39.3 Å². The van der Waals surface area contributed by atoms with Crippen molar-refractivity contribution in [3.8, 4) is 0 Å². The minimum atomic E-state index is -0.262. The lowest BCUT2D eigenvalue weighted by atomic mass is 10.2. The van der Waals surface area contributed by atoms with Crippen molar-refractivity contribution in [2.75, 3.05) is 0 Å². The Hall–Kier alpha value is -1.88. The molecule has 1 amide bonds. The van der Waals surface area contributed by atoms with E-state index in [1.165, 1.54) is 10.9 Å². The number of carbonyl (C=O) groups excluding carboxylic acids is 1. The van der Waals surface area contributed by atoms with E-state index in [0.29, 0.717) is 15.9 Å². The van der Waals surface area contributed by atoms with E-state index < -0.39 is 0 Å². The number of carbonyl (C=O) groups is 1. The molecule has 1 N–H and O–H groups in total. The van der Waals surface area contributed by atoms with E-state index >= 15 is 0 Å². The molecule has 0 unspecified atom stereocenters. The summed E-state index contributed by atoms with van der Waals surface area (Å²) in [5.74, 6) is -0.186. The van der Waals surface area contributed by atoms with Gasteiger partial charge in [0.25, 0.3) is 5.56 Å². The van der Waals surface area contributed by atoms with E-state index in [1.54, 1.807) is 18.2 Å². The minimum Gasteiger partial charge on any atom is -0.352 e. The van der Waals surface area contributed by atoms with E-state index in [0.717, 1.165) is 12.8 Å². The third kappa shape index (κ3) is 3.61. The topological polar surface area (TPSA) is 64.0 Å². The summed E-state index contributed by atoms with van der Waals surface area (Å²) in [6.07, 6.45) is 3.12. The zero-order valence-corrected chi connectivity index (χ0v) is 12.9. The summed E-state index contributed by atoms with van der Waals surface area (Å²) >= 11 is 5.90. The molecule has 1 heterocycles. The molecule has 0 fully saturated rings. The van der Waals surface area contributed by atoms with E-state index in [1.807, 2.05) is 13.8 Å². The van der Waals surface area contributed by atoms with Crippen LogP contribution in [0.4, 0.5) is 0 Å². The molecule has 0 aliphatic rings. The molecule has 2 rings (SSSR count). The van der Waals surface area contributed by atoms with Crippen LogP contribution >= 0.6 is 11.6 Å². The molecule has 0 saturated heterocycles. The highest BCUT2D eigenvalue weighted by Crippen LogP contribution is 2.13. The first-order valence-electron chi connectivity index (χ1n) is 6.99. The predicted octanol–water partition coefficient (Wildman–Crippen LogP) is 2.35. The molecule has 21 heavy (non-hydrogen) atoms. The van der Waals surface area contributed by atoms with Crippen LogP contribution < -0.4 is 10.9 Å². The number of hydrogen-bond acceptors (Lipinski definition) is 3. The molecule has 0 spiro atoms. The third-order valence-corrected chi connectivity index (χ3v) is 3.69. The molecule has 0 aliphatic carbocycles. The maximum Gasteiger partial charge on any atom is 0.261 e. The van der Waals surface area contributed by atoms with Crippen molar-refractivity contribution in [1.29, 1.82) is 0 Å². The molecule has 5 nitrogen and oxygen atoms in total. The lowest BCUT2D eigenvalue weighted by Crippen LogP contribution is -2.38. The van der Waals surface area contributed by atoms with Crippen LogP contribution in [0, 0.1) is 0 Å². The van der Waals surface area contributed by atoms with Gasteiger partial charge in [0.15, 0.2) is 0 Å². The van der Waals surface area contributed by atoms with Gasteiger partial charge in [-0.3, -0.25) is 14.2 Å². The Morgan fingerprint density at radius 1 is 1.38 bits per heavy atom. The molecule has 0 saturated carbocycles. The Balaban J connectivity index is 2.25. The average Bonchev–Trinajstić information content (AvgIpc) is 2.48. The van der Waals surface area contributed by atoms with Gasteiger partial charge in [0.1, 0.15) is 6.54 Å². The van der Waals surface area contributed by atoms with E-state index in [9.17, 15) is 9.59 Å². The van der Waals surface area contributed by atoms with Crippen molar-refractivity contribution in [2.24, 2.45) is 0 Å². The fourth-order valence-electron chi connectivity index (χ4n) is 2.16. The Kier molecular flexibility index (Phi) is 4.96. The van der Waals surface area contributed by atoms with Gasteiger partial charge >= 0.3 is 0 Å². The maximum absolute atomic E-state index is 12.3. The minimum absolute atomic E-state index is 0.0369. The van der Waals surface area contributed by atoms with Crippen LogP contribution in [-0.4, -0.2) is 21.5 Å². The van der Waals surface area contributed by atoms with Crippen molar-refractivity contribution in [3.05, 3.63) is 39.9 Å². The average molecular weight is 308 g/mol.